The molecule has 0 bridgehead atoms. The number of carbonyl (C=O) groups excluding carboxylic acids is 1. The van der Waals surface area contributed by atoms with Crippen molar-refractivity contribution in [1.29, 1.82) is 0 Å². The largest absolute Gasteiger partial charge is 0.394 e. The summed E-state index contributed by atoms with van der Waals surface area (Å²) in [5.74, 6) is -1.47. The summed E-state index contributed by atoms with van der Waals surface area (Å²) in [6.45, 7) is -1.31. The Kier molecular flexibility index (Phi) is 12.3. The lowest BCUT2D eigenvalue weighted by Gasteiger charge is -2.49. The fourth-order valence-electron chi connectivity index (χ4n) is 6.16. The van der Waals surface area contributed by atoms with Gasteiger partial charge in [-0.25, -0.2) is 0 Å². The van der Waals surface area contributed by atoms with Crippen molar-refractivity contribution >= 4 is 5.78 Å². The number of ether oxygens (including phenoxy) is 4. The van der Waals surface area contributed by atoms with E-state index in [2.05, 4.69) is 5.32 Å². The fourth-order valence-corrected chi connectivity index (χ4v) is 6.16. The predicted molar refractivity (Wildman–Crippen MR) is 149 cm³/mol. The van der Waals surface area contributed by atoms with Crippen molar-refractivity contribution in [1.82, 2.24) is 5.32 Å². The minimum Gasteiger partial charge on any atom is -0.394 e. The molecule has 0 aromatic rings. The SMILES string of the molecule is NC1CC1(O)C(=O)C[C@@H]1C[C@H](N)C(O[C@H]2O[C@H](CNCC(O)CO)[C@@H](O)[C@H](O)[C@H]2N)[C@H](O)[C@H]1O[C@H]1O[C@H](CO)[C@@H](O)[C@H](N)[C@H]1O. The first kappa shape index (κ1) is 36.8. The van der Waals surface area contributed by atoms with Gasteiger partial charge >= 0.3 is 0 Å². The summed E-state index contributed by atoms with van der Waals surface area (Å²) >= 11 is 0. The highest BCUT2D eigenvalue weighted by Crippen LogP contribution is 2.41. The van der Waals surface area contributed by atoms with Gasteiger partial charge in [0.05, 0.1) is 37.5 Å². The normalized spacial score (nSPS) is 49.4. The van der Waals surface area contributed by atoms with Crippen LogP contribution < -0.4 is 28.3 Å². The molecule has 2 heterocycles. The number of aliphatic hydroxyl groups excluding tert-OH is 8. The van der Waals surface area contributed by atoms with Gasteiger partial charge in [0, 0.05) is 38.0 Å². The Bertz CT molecular complexity index is 988. The average Bonchev–Trinajstić information content (AvgIpc) is 3.64. The number of Topliss-reactive ketones (excluding diaryl/α,β-unsaturated/α-hetero) is 1. The summed E-state index contributed by atoms with van der Waals surface area (Å²) in [4.78, 5) is 13.0. The highest BCUT2D eigenvalue weighted by atomic mass is 16.7. The highest BCUT2D eigenvalue weighted by molar-refractivity contribution is 5.91. The number of carbonyl (C=O) groups is 1. The summed E-state index contributed by atoms with van der Waals surface area (Å²) < 4.78 is 23.3. The van der Waals surface area contributed by atoms with E-state index in [1.807, 2.05) is 0 Å². The first-order chi connectivity index (χ1) is 21.1. The maximum atomic E-state index is 13.0. The minimum atomic E-state index is -1.74. The second-order valence-corrected chi connectivity index (χ2v) is 12.6. The van der Waals surface area contributed by atoms with E-state index in [1.54, 1.807) is 0 Å². The van der Waals surface area contributed by atoms with E-state index in [1.165, 1.54) is 0 Å². The van der Waals surface area contributed by atoms with Gasteiger partial charge in [-0.15, -0.1) is 0 Å². The first-order valence-corrected chi connectivity index (χ1v) is 15.0. The lowest BCUT2D eigenvalue weighted by Crippen LogP contribution is -2.68. The number of ketones is 1. The fraction of sp³-hybridized carbons (Fsp3) is 0.962. The van der Waals surface area contributed by atoms with Crippen LogP contribution in [0.5, 0.6) is 0 Å². The van der Waals surface area contributed by atoms with Crippen LogP contribution in [-0.2, 0) is 23.7 Å². The van der Waals surface area contributed by atoms with Crippen LogP contribution in [0.4, 0.5) is 0 Å². The van der Waals surface area contributed by atoms with Gasteiger partial charge in [0.25, 0.3) is 0 Å². The first-order valence-electron chi connectivity index (χ1n) is 15.0. The number of hydrogen-bond acceptors (Lipinski definition) is 19. The molecular weight excluding hydrogens is 606 g/mol. The number of nitrogens with two attached hydrogens (primary N) is 4. The Morgan fingerprint density at radius 3 is 2.09 bits per heavy atom. The van der Waals surface area contributed by atoms with Gasteiger partial charge in [-0.05, 0) is 12.3 Å². The molecule has 0 spiro atoms. The highest BCUT2D eigenvalue weighted by Gasteiger charge is 2.58. The third kappa shape index (κ3) is 7.82. The number of hydrogen-bond donors (Lipinski definition) is 14. The van der Waals surface area contributed by atoms with E-state index in [-0.39, 0.29) is 32.4 Å². The average molecular weight is 656 g/mol. The molecule has 19 nitrogen and oxygen atoms in total. The molecule has 0 aromatic heterocycles. The van der Waals surface area contributed by atoms with Crippen LogP contribution >= 0.6 is 0 Å². The molecule has 4 rings (SSSR count). The Hall–Kier alpha value is -1.05. The predicted octanol–water partition coefficient (Wildman–Crippen LogP) is -8.63. The van der Waals surface area contributed by atoms with Gasteiger partial charge in [-0.2, -0.15) is 0 Å². The standard InChI is InChI=1S/C26H49N5O14/c27-10-1-8(2-14(35)26(41)3-13(26)28)22(44-25-20(39)15(29)17(36)12(7-33)43-25)21(40)23(10)45-24-16(30)19(38)18(37)11(42-24)5-31-4-9(34)6-32/h8-13,15-25,31-34,36-41H,1-7,27-30H2/t8-,9?,10-,11+,12+,13?,15-,16+,17+,18+,19+,20+,21+,22-,23?,24+,25+,26?/m0/s1. The molecule has 262 valence electrons. The topological polar surface area (TPSA) is 352 Å². The third-order valence-electron chi connectivity index (χ3n) is 9.25. The molecule has 0 radical (unpaired) electrons. The van der Waals surface area contributed by atoms with Crippen LogP contribution in [0, 0.1) is 5.92 Å². The minimum absolute atomic E-state index is 0.0262. The number of rotatable bonds is 13. The molecule has 18 atom stereocenters. The van der Waals surface area contributed by atoms with Crippen LogP contribution in [0.2, 0.25) is 0 Å². The summed E-state index contributed by atoms with van der Waals surface area (Å²) in [6, 6.07) is -4.34. The second kappa shape index (κ2) is 15.0. The molecule has 4 aliphatic rings. The second-order valence-electron chi connectivity index (χ2n) is 12.6. The molecule has 2 saturated heterocycles. The Morgan fingerprint density at radius 1 is 0.867 bits per heavy atom. The van der Waals surface area contributed by atoms with Gasteiger partial charge in [0.1, 0.15) is 54.4 Å². The van der Waals surface area contributed by atoms with Gasteiger partial charge in [0.15, 0.2) is 18.4 Å². The van der Waals surface area contributed by atoms with Crippen molar-refractivity contribution in [2.24, 2.45) is 28.9 Å². The summed E-state index contributed by atoms with van der Waals surface area (Å²) in [7, 11) is 0. The van der Waals surface area contributed by atoms with E-state index in [9.17, 15) is 45.6 Å². The van der Waals surface area contributed by atoms with Crippen molar-refractivity contribution in [3.63, 3.8) is 0 Å². The van der Waals surface area contributed by atoms with Gasteiger partial charge < -0.3 is 93.2 Å². The maximum Gasteiger partial charge on any atom is 0.186 e. The Balaban J connectivity index is 1.52. The van der Waals surface area contributed by atoms with E-state index >= 15 is 0 Å². The van der Waals surface area contributed by atoms with E-state index in [0.29, 0.717) is 0 Å². The van der Waals surface area contributed by atoms with Gasteiger partial charge in [-0.3, -0.25) is 4.79 Å². The molecule has 0 amide bonds. The molecule has 0 aromatic carbocycles. The molecule has 45 heavy (non-hydrogen) atoms. The van der Waals surface area contributed by atoms with Crippen LogP contribution in [-0.4, -0.2) is 181 Å². The Morgan fingerprint density at radius 2 is 1.49 bits per heavy atom. The third-order valence-corrected chi connectivity index (χ3v) is 9.25. The van der Waals surface area contributed by atoms with E-state index < -0.39 is 128 Å². The molecule has 2 aliphatic carbocycles. The Labute approximate surface area is 259 Å². The van der Waals surface area contributed by atoms with Crippen LogP contribution in [0.1, 0.15) is 19.3 Å². The molecule has 19 heteroatoms. The summed E-state index contributed by atoms with van der Waals surface area (Å²) in [6.07, 6.45) is -17.1. The molecule has 4 fully saturated rings. The molecular formula is C26H49N5O14. The van der Waals surface area contributed by atoms with Gasteiger partial charge in [0.2, 0.25) is 0 Å². The van der Waals surface area contributed by atoms with Crippen LogP contribution in [0.3, 0.4) is 0 Å². The van der Waals surface area contributed by atoms with Crippen molar-refractivity contribution in [3.05, 3.63) is 0 Å². The van der Waals surface area contributed by atoms with Crippen molar-refractivity contribution in [2.45, 2.75) is 123 Å². The van der Waals surface area contributed by atoms with E-state index in [0.717, 1.165) is 0 Å². The lowest BCUT2D eigenvalue weighted by atomic mass is 9.76. The zero-order valence-corrected chi connectivity index (χ0v) is 24.6. The zero-order valence-electron chi connectivity index (χ0n) is 24.6. The quantitative estimate of drug-likeness (QED) is 0.0875. The van der Waals surface area contributed by atoms with E-state index in [4.69, 9.17) is 47.0 Å². The summed E-state index contributed by atoms with van der Waals surface area (Å²) in [5.41, 5.74) is 22.4. The summed E-state index contributed by atoms with van der Waals surface area (Å²) in [5, 5.41) is 95.1. The lowest BCUT2D eigenvalue weighted by molar-refractivity contribution is -0.323. The smallest absolute Gasteiger partial charge is 0.186 e. The zero-order chi connectivity index (χ0) is 33.4. The number of nitrogens with one attached hydrogen (secondary N) is 1. The molecule has 4 unspecified atom stereocenters. The van der Waals surface area contributed by atoms with Crippen molar-refractivity contribution in [2.75, 3.05) is 26.3 Å². The van der Waals surface area contributed by atoms with Gasteiger partial charge in [-0.1, -0.05) is 0 Å². The van der Waals surface area contributed by atoms with Crippen LogP contribution in [0.15, 0.2) is 0 Å². The molecule has 2 saturated carbocycles. The van der Waals surface area contributed by atoms with Crippen LogP contribution in [0.25, 0.3) is 0 Å². The maximum absolute atomic E-state index is 13.0. The molecule has 2 aliphatic heterocycles. The van der Waals surface area contributed by atoms with Crippen molar-refractivity contribution < 1.29 is 69.7 Å². The monoisotopic (exact) mass is 655 g/mol. The number of aliphatic hydroxyl groups is 9. The van der Waals surface area contributed by atoms with Crippen molar-refractivity contribution in [3.8, 4) is 0 Å². The molecule has 18 N–H and O–H groups in total.